The van der Waals surface area contributed by atoms with E-state index in [1.54, 1.807) is 0 Å². The van der Waals surface area contributed by atoms with E-state index in [1.165, 1.54) is 0 Å². The summed E-state index contributed by atoms with van der Waals surface area (Å²) in [4.78, 5) is 24.9. The van der Waals surface area contributed by atoms with Crippen LogP contribution in [0, 0.1) is 0 Å². The molecule has 0 spiro atoms. The Labute approximate surface area is 132 Å². The quantitative estimate of drug-likeness (QED) is 0.672. The smallest absolute Gasteiger partial charge is 0.260 e. The third-order valence-electron chi connectivity index (χ3n) is 5.72. The molecule has 0 bridgehead atoms. The fourth-order valence-electron chi connectivity index (χ4n) is 5.37. The number of hydrogen-bond acceptors (Lipinski definition) is 2. The highest BCUT2D eigenvalue weighted by molar-refractivity contribution is 6.85. The number of carbonyl (C=O) groups is 2. The predicted molar refractivity (Wildman–Crippen MR) is 89.9 cm³/mol. The van der Waals surface area contributed by atoms with Crippen LogP contribution >= 0.6 is 0 Å². The van der Waals surface area contributed by atoms with Crippen LogP contribution in [0.3, 0.4) is 0 Å². The van der Waals surface area contributed by atoms with Gasteiger partial charge in [0.05, 0.1) is 5.57 Å². The van der Waals surface area contributed by atoms with Crippen LogP contribution in [0.1, 0.15) is 47.2 Å². The second kappa shape index (κ2) is 4.44. The van der Waals surface area contributed by atoms with Crippen LogP contribution < -0.4 is 5.32 Å². The minimum atomic E-state index is -2.14. The van der Waals surface area contributed by atoms with Crippen molar-refractivity contribution in [3.63, 3.8) is 0 Å². The third-order valence-corrected chi connectivity index (χ3v) is 12.7. The van der Waals surface area contributed by atoms with Crippen molar-refractivity contribution in [1.29, 1.82) is 0 Å². The number of fused-ring (bicyclic) bond motifs is 2. The summed E-state index contributed by atoms with van der Waals surface area (Å²) in [6, 6.07) is 3.99. The van der Waals surface area contributed by atoms with Crippen molar-refractivity contribution < 1.29 is 9.59 Å². The standard InChI is InChI=1S/C17H24N2O2Si/c1-10(2)22(11(3)4)17(5,6)14-13(15(20)18-16(14)21)12-8-7-9-19(12)22/h7-11H,1-6H3,(H,18,20,21). The molecule has 1 N–H and O–H groups in total. The number of rotatable bonds is 2. The maximum atomic E-state index is 12.5. The molecule has 2 aliphatic rings. The molecule has 2 aliphatic heterocycles. The maximum Gasteiger partial charge on any atom is 0.260 e. The molecule has 5 heteroatoms. The molecule has 0 aromatic carbocycles. The summed E-state index contributed by atoms with van der Waals surface area (Å²) in [7, 11) is -2.14. The van der Waals surface area contributed by atoms with Crippen molar-refractivity contribution >= 4 is 25.6 Å². The fourth-order valence-corrected chi connectivity index (χ4v) is 12.9. The minimum Gasteiger partial charge on any atom is -0.372 e. The molecule has 1 aromatic rings. The molecule has 118 valence electrons. The van der Waals surface area contributed by atoms with Gasteiger partial charge in [0.25, 0.3) is 11.8 Å². The number of nitrogens with one attached hydrogen (secondary N) is 1. The molecule has 0 saturated heterocycles. The van der Waals surface area contributed by atoms with Crippen molar-refractivity contribution in [3.8, 4) is 0 Å². The van der Waals surface area contributed by atoms with E-state index in [2.05, 4.69) is 57.3 Å². The third kappa shape index (κ3) is 1.47. The first-order valence-electron chi connectivity index (χ1n) is 7.96. The first-order chi connectivity index (χ1) is 10.2. The fraction of sp³-hybridized carbons (Fsp3) is 0.529. The summed E-state index contributed by atoms with van der Waals surface area (Å²) in [6.45, 7) is 13.4. The van der Waals surface area contributed by atoms with E-state index in [-0.39, 0.29) is 16.9 Å². The summed E-state index contributed by atoms with van der Waals surface area (Å²) in [6.07, 6.45) is 2.11. The molecule has 22 heavy (non-hydrogen) atoms. The molecule has 0 fully saturated rings. The highest BCUT2D eigenvalue weighted by Crippen LogP contribution is 2.60. The topological polar surface area (TPSA) is 51.1 Å². The van der Waals surface area contributed by atoms with Crippen molar-refractivity contribution in [3.05, 3.63) is 29.6 Å². The number of imide groups is 1. The lowest BCUT2D eigenvalue weighted by Crippen LogP contribution is -2.60. The normalized spacial score (nSPS) is 22.2. The molecule has 3 heterocycles. The molecule has 0 unspecified atom stereocenters. The summed E-state index contributed by atoms with van der Waals surface area (Å²) in [5, 5.41) is 2.22. The van der Waals surface area contributed by atoms with E-state index in [1.807, 2.05) is 12.1 Å². The van der Waals surface area contributed by atoms with Crippen molar-refractivity contribution in [1.82, 2.24) is 9.55 Å². The molecule has 1 aromatic heterocycles. The van der Waals surface area contributed by atoms with Crippen molar-refractivity contribution in [2.24, 2.45) is 0 Å². The second-order valence-electron chi connectivity index (χ2n) is 7.56. The highest BCUT2D eigenvalue weighted by Gasteiger charge is 2.62. The number of aromatic nitrogens is 1. The van der Waals surface area contributed by atoms with Gasteiger partial charge in [0.2, 0.25) is 0 Å². The van der Waals surface area contributed by atoms with Crippen LogP contribution in [0.5, 0.6) is 0 Å². The van der Waals surface area contributed by atoms with Crippen LogP contribution in [-0.2, 0) is 9.59 Å². The molecule has 3 rings (SSSR count). The van der Waals surface area contributed by atoms with Gasteiger partial charge in [-0.05, 0) is 29.4 Å². The molecular weight excluding hydrogens is 292 g/mol. The van der Waals surface area contributed by atoms with E-state index < -0.39 is 8.24 Å². The predicted octanol–water partition coefficient (Wildman–Crippen LogP) is 3.31. The average molecular weight is 316 g/mol. The van der Waals surface area contributed by atoms with Gasteiger partial charge < -0.3 is 4.23 Å². The number of amides is 2. The number of nitrogens with zero attached hydrogens (tertiary/aromatic N) is 1. The van der Waals surface area contributed by atoms with Gasteiger partial charge >= 0.3 is 0 Å². The van der Waals surface area contributed by atoms with E-state index in [9.17, 15) is 9.59 Å². The van der Waals surface area contributed by atoms with Gasteiger partial charge in [-0.15, -0.1) is 0 Å². The van der Waals surface area contributed by atoms with Gasteiger partial charge in [0.15, 0.2) is 8.24 Å². The summed E-state index contributed by atoms with van der Waals surface area (Å²) in [5.41, 5.74) is 3.12. The Hall–Kier alpha value is -1.62. The van der Waals surface area contributed by atoms with Gasteiger partial charge in [-0.25, -0.2) is 0 Å². The molecule has 0 atom stereocenters. The minimum absolute atomic E-state index is 0.198. The van der Waals surface area contributed by atoms with Crippen LogP contribution in [0.2, 0.25) is 16.1 Å². The van der Waals surface area contributed by atoms with E-state index >= 15 is 0 Å². The van der Waals surface area contributed by atoms with Crippen molar-refractivity contribution in [2.75, 3.05) is 0 Å². The molecule has 2 amide bonds. The molecule has 0 radical (unpaired) electrons. The average Bonchev–Trinajstić information content (AvgIpc) is 2.93. The monoisotopic (exact) mass is 316 g/mol. The summed E-state index contributed by atoms with van der Waals surface area (Å²) in [5.74, 6) is -0.446. The Bertz CT molecular complexity index is 702. The van der Waals surface area contributed by atoms with Crippen LogP contribution in [-0.4, -0.2) is 24.3 Å². The van der Waals surface area contributed by atoms with E-state index in [0.717, 1.165) is 5.69 Å². The van der Waals surface area contributed by atoms with Gasteiger partial charge in [-0.3, -0.25) is 14.9 Å². The van der Waals surface area contributed by atoms with Crippen LogP contribution in [0.25, 0.3) is 5.57 Å². The molecule has 0 aliphatic carbocycles. The second-order valence-corrected chi connectivity index (χ2v) is 13.2. The maximum absolute atomic E-state index is 12.5. The van der Waals surface area contributed by atoms with Gasteiger partial charge in [0, 0.05) is 16.3 Å². The first-order valence-corrected chi connectivity index (χ1v) is 10.1. The number of carbonyl (C=O) groups excluding carboxylic acids is 2. The van der Waals surface area contributed by atoms with E-state index in [0.29, 0.717) is 22.2 Å². The molecular formula is C17H24N2O2Si. The number of hydrogen-bond donors (Lipinski definition) is 1. The molecule has 0 saturated carbocycles. The summed E-state index contributed by atoms with van der Waals surface area (Å²) >= 11 is 0. The lowest BCUT2D eigenvalue weighted by molar-refractivity contribution is -0.123. The summed E-state index contributed by atoms with van der Waals surface area (Å²) < 4.78 is 2.37. The van der Waals surface area contributed by atoms with Gasteiger partial charge in [-0.1, -0.05) is 41.5 Å². The lowest BCUT2D eigenvalue weighted by atomic mass is 9.95. The Kier molecular flexibility index (Phi) is 3.09. The zero-order valence-corrected chi connectivity index (χ0v) is 15.2. The highest BCUT2D eigenvalue weighted by atomic mass is 28.3. The largest absolute Gasteiger partial charge is 0.372 e. The Morgan fingerprint density at radius 3 is 2.23 bits per heavy atom. The zero-order chi connectivity index (χ0) is 16.4. The lowest BCUT2D eigenvalue weighted by Gasteiger charge is -2.54. The SMILES string of the molecule is CC(C)[Si]1(C(C)C)n2cccc2C2=C(C(=O)NC2=O)C1(C)C. The van der Waals surface area contributed by atoms with Crippen molar-refractivity contribution in [2.45, 2.75) is 57.7 Å². The van der Waals surface area contributed by atoms with Crippen LogP contribution in [0.15, 0.2) is 23.9 Å². The Morgan fingerprint density at radius 2 is 1.68 bits per heavy atom. The van der Waals surface area contributed by atoms with Crippen LogP contribution in [0.4, 0.5) is 0 Å². The van der Waals surface area contributed by atoms with E-state index in [4.69, 9.17) is 0 Å². The first kappa shape index (κ1) is 15.3. The van der Waals surface area contributed by atoms with Gasteiger partial charge in [-0.2, -0.15) is 0 Å². The zero-order valence-electron chi connectivity index (χ0n) is 14.2. The van der Waals surface area contributed by atoms with Gasteiger partial charge in [0.1, 0.15) is 0 Å². The Morgan fingerprint density at radius 1 is 1.09 bits per heavy atom. The molecule has 4 nitrogen and oxygen atoms in total. The Balaban J connectivity index is 2.45.